The summed E-state index contributed by atoms with van der Waals surface area (Å²) in [5.41, 5.74) is 7.36. The fourth-order valence-electron chi connectivity index (χ4n) is 3.14. The number of halogens is 2. The molecule has 0 spiro atoms. The Kier molecular flexibility index (Phi) is 8.07. The molecule has 0 aliphatic carbocycles. The van der Waals surface area contributed by atoms with Gasteiger partial charge in [-0.1, -0.05) is 41.4 Å². The van der Waals surface area contributed by atoms with Crippen molar-refractivity contribution in [3.63, 3.8) is 0 Å². The number of aryl methyl sites for hydroxylation is 1. The smallest absolute Gasteiger partial charge is 0.250 e. The number of ether oxygens (including phenoxy) is 1. The fraction of sp³-hybridized carbons (Fsp3) is 0.217. The number of hydrazone groups is 1. The molecule has 0 bridgehead atoms. The van der Waals surface area contributed by atoms with Gasteiger partial charge in [-0.05, 0) is 49.7 Å². The maximum atomic E-state index is 12.1. The first-order valence-electron chi connectivity index (χ1n) is 9.56. The fourth-order valence-corrected chi connectivity index (χ4v) is 4.30. The Morgan fingerprint density at radius 1 is 1.19 bits per heavy atom. The van der Waals surface area contributed by atoms with Crippen LogP contribution >= 0.6 is 35.0 Å². The van der Waals surface area contributed by atoms with Crippen LogP contribution in [0.15, 0.2) is 53.6 Å². The summed E-state index contributed by atoms with van der Waals surface area (Å²) in [6.07, 6.45) is 1.64. The van der Waals surface area contributed by atoms with Gasteiger partial charge in [-0.15, -0.1) is 11.8 Å². The molecule has 0 radical (unpaired) electrons. The number of aromatic nitrogens is 1. The van der Waals surface area contributed by atoms with E-state index in [2.05, 4.69) is 10.5 Å². The zero-order chi connectivity index (χ0) is 22.4. The summed E-state index contributed by atoms with van der Waals surface area (Å²) in [5, 5.41) is 5.11. The molecule has 0 aliphatic rings. The first-order valence-corrected chi connectivity index (χ1v) is 11.5. The molecule has 31 heavy (non-hydrogen) atoms. The quantitative estimate of drug-likeness (QED) is 0.331. The standard InChI is InChI=1S/C23H23Cl2N3O2S/c1-15-11-18(16(2)28(15)21-6-4-5-20(24)23(21)25)12-26-27-22(29)14-31-13-17-7-9-19(30-3)10-8-17/h4-12H,13-14H2,1-3H3,(H,27,29)/b26-12-. The SMILES string of the molecule is COc1ccc(CSCC(=O)N/N=C\c2cc(C)n(-c3cccc(Cl)c3Cl)c2C)cc1. The monoisotopic (exact) mass is 475 g/mol. The van der Waals surface area contributed by atoms with Gasteiger partial charge >= 0.3 is 0 Å². The van der Waals surface area contributed by atoms with Crippen LogP contribution in [-0.4, -0.2) is 29.6 Å². The minimum atomic E-state index is -0.151. The summed E-state index contributed by atoms with van der Waals surface area (Å²) < 4.78 is 7.16. The van der Waals surface area contributed by atoms with Crippen LogP contribution in [0.2, 0.25) is 10.0 Å². The Morgan fingerprint density at radius 3 is 2.65 bits per heavy atom. The number of carbonyl (C=O) groups is 1. The van der Waals surface area contributed by atoms with Gasteiger partial charge in [0, 0.05) is 22.7 Å². The summed E-state index contributed by atoms with van der Waals surface area (Å²) in [6.45, 7) is 3.95. The Hall–Kier alpha value is -2.41. The van der Waals surface area contributed by atoms with E-state index < -0.39 is 0 Å². The van der Waals surface area contributed by atoms with Crippen molar-refractivity contribution in [2.45, 2.75) is 19.6 Å². The lowest BCUT2D eigenvalue weighted by Crippen LogP contribution is -2.19. The number of nitrogens with zero attached hydrogens (tertiary/aromatic N) is 2. The Bertz CT molecular complexity index is 1090. The van der Waals surface area contributed by atoms with E-state index in [0.717, 1.165) is 39.7 Å². The molecule has 1 aromatic heterocycles. The third kappa shape index (κ3) is 5.85. The lowest BCUT2D eigenvalue weighted by molar-refractivity contribution is -0.118. The largest absolute Gasteiger partial charge is 0.497 e. The predicted octanol–water partition coefficient (Wildman–Crippen LogP) is 5.79. The minimum Gasteiger partial charge on any atom is -0.497 e. The number of hydrogen-bond donors (Lipinski definition) is 1. The number of thioether (sulfide) groups is 1. The van der Waals surface area contributed by atoms with Gasteiger partial charge in [0.2, 0.25) is 5.91 Å². The van der Waals surface area contributed by atoms with Gasteiger partial charge in [0.25, 0.3) is 0 Å². The second kappa shape index (κ2) is 10.8. The van der Waals surface area contributed by atoms with Gasteiger partial charge in [0.05, 0.1) is 34.8 Å². The normalized spacial score (nSPS) is 11.1. The molecule has 1 N–H and O–H groups in total. The molecule has 0 atom stereocenters. The van der Waals surface area contributed by atoms with Gasteiger partial charge in [0.1, 0.15) is 5.75 Å². The van der Waals surface area contributed by atoms with Gasteiger partial charge in [-0.25, -0.2) is 5.43 Å². The average molecular weight is 476 g/mol. The van der Waals surface area contributed by atoms with Crippen molar-refractivity contribution < 1.29 is 9.53 Å². The lowest BCUT2D eigenvalue weighted by Gasteiger charge is -2.12. The summed E-state index contributed by atoms with van der Waals surface area (Å²) in [4.78, 5) is 12.1. The predicted molar refractivity (Wildman–Crippen MR) is 130 cm³/mol. The summed E-state index contributed by atoms with van der Waals surface area (Å²) >= 11 is 14.1. The first-order chi connectivity index (χ1) is 14.9. The molecule has 0 saturated heterocycles. The average Bonchev–Trinajstić information content (AvgIpc) is 3.04. The van der Waals surface area contributed by atoms with Crippen molar-refractivity contribution in [3.8, 4) is 11.4 Å². The second-order valence-electron chi connectivity index (χ2n) is 6.87. The van der Waals surface area contributed by atoms with E-state index in [1.165, 1.54) is 11.8 Å². The number of carbonyl (C=O) groups excluding carboxylic acids is 1. The summed E-state index contributed by atoms with van der Waals surface area (Å²) in [6, 6.07) is 15.3. The Morgan fingerprint density at radius 2 is 1.94 bits per heavy atom. The molecule has 0 fully saturated rings. The van der Waals surface area contributed by atoms with Crippen molar-refractivity contribution in [2.75, 3.05) is 12.9 Å². The van der Waals surface area contributed by atoms with Crippen LogP contribution in [0.1, 0.15) is 22.5 Å². The third-order valence-electron chi connectivity index (χ3n) is 4.70. The van der Waals surface area contributed by atoms with E-state index in [9.17, 15) is 4.79 Å². The highest BCUT2D eigenvalue weighted by atomic mass is 35.5. The molecule has 1 amide bonds. The van der Waals surface area contributed by atoms with Gasteiger partial charge in [0.15, 0.2) is 0 Å². The number of nitrogens with one attached hydrogen (secondary N) is 1. The van der Waals surface area contributed by atoms with Crippen LogP contribution in [0.5, 0.6) is 5.75 Å². The minimum absolute atomic E-state index is 0.151. The molecule has 0 aliphatic heterocycles. The van der Waals surface area contributed by atoms with Gasteiger partial charge in [-0.2, -0.15) is 5.10 Å². The summed E-state index contributed by atoms with van der Waals surface area (Å²) in [7, 11) is 1.64. The van der Waals surface area contributed by atoms with E-state index in [0.29, 0.717) is 15.8 Å². The highest BCUT2D eigenvalue weighted by Crippen LogP contribution is 2.31. The maximum absolute atomic E-state index is 12.1. The molecule has 3 rings (SSSR count). The zero-order valence-electron chi connectivity index (χ0n) is 17.5. The highest BCUT2D eigenvalue weighted by molar-refractivity contribution is 7.99. The van der Waals surface area contributed by atoms with Crippen LogP contribution in [0, 0.1) is 13.8 Å². The number of hydrogen-bond acceptors (Lipinski definition) is 4. The molecule has 5 nitrogen and oxygen atoms in total. The van der Waals surface area contributed by atoms with Crippen LogP contribution < -0.4 is 10.2 Å². The van der Waals surface area contributed by atoms with E-state index in [4.69, 9.17) is 27.9 Å². The lowest BCUT2D eigenvalue weighted by atomic mass is 10.2. The van der Waals surface area contributed by atoms with E-state index >= 15 is 0 Å². The third-order valence-corrected chi connectivity index (χ3v) is 6.51. The van der Waals surface area contributed by atoms with Crippen LogP contribution in [0.4, 0.5) is 0 Å². The Labute approximate surface area is 196 Å². The molecule has 3 aromatic rings. The first kappa shape index (κ1) is 23.3. The van der Waals surface area contributed by atoms with Crippen molar-refractivity contribution in [1.82, 2.24) is 9.99 Å². The zero-order valence-corrected chi connectivity index (χ0v) is 19.8. The van der Waals surface area contributed by atoms with Crippen LogP contribution in [0.3, 0.4) is 0 Å². The number of rotatable bonds is 8. The molecule has 1 heterocycles. The van der Waals surface area contributed by atoms with E-state index in [-0.39, 0.29) is 5.91 Å². The molecule has 8 heteroatoms. The molecular formula is C23H23Cl2N3O2S. The number of benzene rings is 2. The van der Waals surface area contributed by atoms with Crippen molar-refractivity contribution in [3.05, 3.63) is 81.1 Å². The molecular weight excluding hydrogens is 453 g/mol. The van der Waals surface area contributed by atoms with Crippen molar-refractivity contribution >= 4 is 47.1 Å². The van der Waals surface area contributed by atoms with Gasteiger partial charge in [-0.3, -0.25) is 4.79 Å². The van der Waals surface area contributed by atoms with Crippen molar-refractivity contribution in [1.29, 1.82) is 0 Å². The number of amides is 1. The van der Waals surface area contributed by atoms with E-state index in [1.807, 2.05) is 60.9 Å². The van der Waals surface area contributed by atoms with Gasteiger partial charge < -0.3 is 9.30 Å². The molecule has 0 saturated carbocycles. The molecule has 0 unspecified atom stereocenters. The van der Waals surface area contributed by atoms with Crippen LogP contribution in [-0.2, 0) is 10.5 Å². The highest BCUT2D eigenvalue weighted by Gasteiger charge is 2.13. The van der Waals surface area contributed by atoms with Crippen molar-refractivity contribution in [2.24, 2.45) is 5.10 Å². The topological polar surface area (TPSA) is 55.6 Å². The maximum Gasteiger partial charge on any atom is 0.250 e. The number of methoxy groups -OCH3 is 1. The molecule has 162 valence electrons. The molecule has 2 aromatic carbocycles. The van der Waals surface area contributed by atoms with E-state index in [1.54, 1.807) is 19.4 Å². The Balaban J connectivity index is 1.57. The second-order valence-corrected chi connectivity index (χ2v) is 8.64. The van der Waals surface area contributed by atoms with Crippen LogP contribution in [0.25, 0.3) is 5.69 Å². The summed E-state index contributed by atoms with van der Waals surface area (Å²) in [5.74, 6) is 1.72.